The van der Waals surface area contributed by atoms with Crippen molar-refractivity contribution in [1.82, 2.24) is 4.98 Å². The number of carbonyl (C=O) groups is 8. The van der Waals surface area contributed by atoms with Crippen LogP contribution in [0, 0.1) is 0 Å². The molecule has 0 spiro atoms. The Labute approximate surface area is 793 Å². The molecule has 1 heterocycles. The van der Waals surface area contributed by atoms with Crippen LogP contribution in [0.15, 0.2) is 273 Å². The van der Waals surface area contributed by atoms with Gasteiger partial charge >= 0.3 is 35.8 Å². The molecular formula is C104H111N3O30. The summed E-state index contributed by atoms with van der Waals surface area (Å²) in [5.41, 5.74) is 6.66. The molecule has 12 rings (SSSR count). The van der Waals surface area contributed by atoms with E-state index in [0.717, 1.165) is 28.3 Å². The lowest BCUT2D eigenvalue weighted by atomic mass is 10.1. The van der Waals surface area contributed by atoms with Crippen LogP contribution in [0.4, 0.5) is 11.5 Å². The van der Waals surface area contributed by atoms with Crippen molar-refractivity contribution in [2.75, 3.05) is 101 Å². The van der Waals surface area contributed by atoms with Gasteiger partial charge in [0.15, 0.2) is 0 Å². The van der Waals surface area contributed by atoms with Crippen molar-refractivity contribution in [1.29, 1.82) is 0 Å². The van der Waals surface area contributed by atoms with Crippen LogP contribution in [0.3, 0.4) is 0 Å². The van der Waals surface area contributed by atoms with Gasteiger partial charge in [-0.1, -0.05) is 121 Å². The molecule has 7 N–H and O–H groups in total. The molecule has 0 fully saturated rings. The number of aromatic hydroxyl groups is 4. The van der Waals surface area contributed by atoms with Crippen LogP contribution in [0.5, 0.6) is 69.0 Å². The maximum absolute atomic E-state index is 12.9. The van der Waals surface area contributed by atoms with Gasteiger partial charge in [0.2, 0.25) is 0 Å². The molecule has 0 aliphatic rings. The predicted molar refractivity (Wildman–Crippen MR) is 507 cm³/mol. The molecular weight excluding hydrogens is 1770 g/mol. The number of aromatic nitrogens is 1. The Morgan fingerprint density at radius 3 is 0.891 bits per heavy atom. The number of ether oxygens (including phenoxy) is 17. The molecule has 1 aromatic heterocycles. The zero-order valence-corrected chi connectivity index (χ0v) is 77.8. The van der Waals surface area contributed by atoms with Crippen LogP contribution in [-0.4, -0.2) is 193 Å². The summed E-state index contributed by atoms with van der Waals surface area (Å²) < 4.78 is 89.1. The SMILES string of the molecule is COC(=O)c1cc(O)cc(O)c1.COC(=O)c1cc(O)cc(OCc2ccccc2)c1.COC[C@H](C)Oc1cc(O)cc(C(=O)Nc2ccc(C(=O)OC)cc2)c1.COC[C@H](C)Oc1cc(OCc2ccccc2)cc(C(=O)Nc2ccc(C(=O)OC)cn2)c1.COC[C@H](C)Oc1cc(OCc2ccccc2)cc(C(=O)O)c1.COC[C@H](C)Oc1cc(OCc2ccccc2)cc(C(=O)OC)c1. The fraction of sp³-hybridized carbons (Fsp3) is 0.240. The third kappa shape index (κ3) is 39.2. The summed E-state index contributed by atoms with van der Waals surface area (Å²) >= 11 is 0. The molecule has 0 bridgehead atoms. The zero-order valence-electron chi connectivity index (χ0n) is 77.8. The normalized spacial score (nSPS) is 11.1. The van der Waals surface area contributed by atoms with Crippen LogP contribution in [0.25, 0.3) is 0 Å². The first-order valence-corrected chi connectivity index (χ1v) is 42.2. The van der Waals surface area contributed by atoms with E-state index < -0.39 is 47.6 Å². The number of phenolic OH excluding ortho intramolecular Hbond substituents is 4. The number of benzene rings is 11. The number of amides is 2. The van der Waals surface area contributed by atoms with Crippen molar-refractivity contribution >= 4 is 59.1 Å². The zero-order chi connectivity index (χ0) is 99.6. The molecule has 33 heteroatoms. The smallest absolute Gasteiger partial charge is 0.339 e. The Balaban J connectivity index is 0.000000228. The summed E-state index contributed by atoms with van der Waals surface area (Å²) in [7, 11) is 12.8. The van der Waals surface area contributed by atoms with E-state index >= 15 is 0 Å². The Kier molecular flexibility index (Phi) is 45.6. The first-order valence-electron chi connectivity index (χ1n) is 42.2. The lowest BCUT2D eigenvalue weighted by molar-refractivity contribution is 0.0590. The van der Waals surface area contributed by atoms with Crippen LogP contribution in [0.2, 0.25) is 0 Å². The third-order valence-electron chi connectivity index (χ3n) is 18.3. The molecule has 0 saturated heterocycles. The summed E-state index contributed by atoms with van der Waals surface area (Å²) in [6.45, 7) is 10.5. The number of esters is 5. The first-order chi connectivity index (χ1) is 65.9. The topological polar surface area (TPSA) is 432 Å². The fourth-order valence-corrected chi connectivity index (χ4v) is 12.0. The van der Waals surface area contributed by atoms with Gasteiger partial charge in [0.05, 0.1) is 95.4 Å². The second-order valence-electron chi connectivity index (χ2n) is 29.6. The van der Waals surface area contributed by atoms with Gasteiger partial charge in [0.1, 0.15) is 126 Å². The number of pyridine rings is 1. The van der Waals surface area contributed by atoms with Gasteiger partial charge in [0, 0.05) is 87.8 Å². The van der Waals surface area contributed by atoms with Crippen LogP contribution >= 0.6 is 0 Å². The van der Waals surface area contributed by atoms with E-state index in [-0.39, 0.29) is 75.2 Å². The molecule has 0 saturated carbocycles. The molecule has 0 unspecified atom stereocenters. The minimum absolute atomic E-state index is 0.0361. The highest BCUT2D eigenvalue weighted by Crippen LogP contribution is 2.32. The lowest BCUT2D eigenvalue weighted by Gasteiger charge is -2.16. The van der Waals surface area contributed by atoms with Crippen molar-refractivity contribution in [2.45, 2.75) is 78.5 Å². The summed E-state index contributed by atoms with van der Waals surface area (Å²) in [5, 5.41) is 51.9. The maximum Gasteiger partial charge on any atom is 0.339 e. The number of aromatic carboxylic acids is 1. The van der Waals surface area contributed by atoms with E-state index in [1.807, 2.05) is 149 Å². The number of anilines is 2. The van der Waals surface area contributed by atoms with Gasteiger partial charge in [-0.2, -0.15) is 0 Å². The number of nitrogens with one attached hydrogen (secondary N) is 2. The number of hydrogen-bond donors (Lipinski definition) is 7. The Morgan fingerprint density at radius 2 is 0.540 bits per heavy atom. The summed E-state index contributed by atoms with van der Waals surface area (Å²) in [4.78, 5) is 97.8. The predicted octanol–water partition coefficient (Wildman–Crippen LogP) is 17.4. The minimum atomic E-state index is -1.03. The minimum Gasteiger partial charge on any atom is -0.508 e. The lowest BCUT2D eigenvalue weighted by Crippen LogP contribution is -2.19. The standard InChI is InChI=1S/C25H26N2O6.C19H21NO6.C19H22O5.C18H20O5.C15H14O4.C8H8O4/c1-17(15-30-2)33-22-12-20(11-21(13-22)32-16-18-7-5-4-6-8-18)24(28)27-23-10-9-19(14-26-23)25(29)31-3;1-12(11-24-2)26-17-9-14(8-16(21)10-17)18(22)20-15-6-4-13(5-7-15)19(23)25-3;1-14(12-21-2)24-18-10-16(19(20)22-3)9-17(11-18)23-13-15-7-5-4-6-8-15;1-13(11-21-2)23-17-9-15(18(19)20)8-16(10-17)22-12-14-6-4-3-5-7-14;1-18-15(17)12-7-13(16)9-14(8-12)19-10-11-5-3-2-4-6-11;1-12-8(11)5-2-6(9)4-7(10)3-5/h4-14,17H,15-16H2,1-3H3,(H,26,27,28);4-10,12,21H,11H2,1-3H3,(H,20,22);4-11,14H,12-13H2,1-3H3;3-10,13H,11-12H2,1-2H3,(H,19,20);2-9,16H,10H2,1H3;2-4,9-10H,1H3/t17-;12-;14-;13-;;/m0000../s1. The highest BCUT2D eigenvalue weighted by Gasteiger charge is 2.20. The maximum atomic E-state index is 12.9. The first kappa shape index (κ1) is 108. The van der Waals surface area contributed by atoms with Gasteiger partial charge in [-0.15, -0.1) is 0 Å². The second kappa shape index (κ2) is 57.9. The van der Waals surface area contributed by atoms with Crippen LogP contribution in [0.1, 0.15) is 133 Å². The molecule has 12 aromatic rings. The molecule has 0 radical (unpaired) electrons. The Bertz CT molecular complexity index is 5780. The summed E-state index contributed by atoms with van der Waals surface area (Å²) in [6, 6.07) is 75.0. The van der Waals surface area contributed by atoms with E-state index in [2.05, 4.69) is 34.6 Å². The number of carboxylic acid groups (broad SMARTS) is 1. The van der Waals surface area contributed by atoms with E-state index in [0.29, 0.717) is 127 Å². The number of carboxylic acids is 1. The average molecular weight is 1880 g/mol. The number of hydrogen-bond acceptors (Lipinski definition) is 30. The number of methoxy groups -OCH3 is 9. The number of carbonyl (C=O) groups excluding carboxylic acids is 7. The molecule has 137 heavy (non-hydrogen) atoms. The monoisotopic (exact) mass is 1880 g/mol. The highest BCUT2D eigenvalue weighted by molar-refractivity contribution is 6.06. The third-order valence-corrected chi connectivity index (χ3v) is 18.3. The molecule has 4 atom stereocenters. The Hall–Kier alpha value is -16.2. The number of nitrogens with zero attached hydrogens (tertiary/aromatic N) is 1. The van der Waals surface area contributed by atoms with Gasteiger partial charge in [-0.05, 0) is 159 Å². The van der Waals surface area contributed by atoms with Crippen LogP contribution in [-0.2, 0) is 69.1 Å². The second-order valence-corrected chi connectivity index (χ2v) is 29.6. The van der Waals surface area contributed by atoms with E-state index in [1.54, 1.807) is 95.2 Å². The van der Waals surface area contributed by atoms with Gasteiger partial charge in [-0.25, -0.2) is 33.8 Å². The van der Waals surface area contributed by atoms with Crippen molar-refractivity contribution in [3.8, 4) is 69.0 Å². The number of phenols is 4. The van der Waals surface area contributed by atoms with E-state index in [1.165, 1.54) is 115 Å². The average Bonchev–Trinajstić information content (AvgIpc) is 0.847. The van der Waals surface area contributed by atoms with Crippen molar-refractivity contribution in [2.24, 2.45) is 0 Å². The van der Waals surface area contributed by atoms with Gasteiger partial charge in [-0.3, -0.25) is 9.59 Å². The van der Waals surface area contributed by atoms with E-state index in [9.17, 15) is 53.7 Å². The molecule has 0 aliphatic heterocycles. The molecule has 33 nitrogen and oxygen atoms in total. The molecule has 11 aromatic carbocycles. The van der Waals surface area contributed by atoms with Crippen molar-refractivity contribution in [3.63, 3.8) is 0 Å². The van der Waals surface area contributed by atoms with Crippen LogP contribution < -0.4 is 48.5 Å². The molecule has 722 valence electrons. The quantitative estimate of drug-likeness (QED) is 0.0140. The van der Waals surface area contributed by atoms with Gasteiger partial charge < -0.3 is 117 Å². The fourth-order valence-electron chi connectivity index (χ4n) is 12.0. The van der Waals surface area contributed by atoms with Crippen molar-refractivity contribution in [3.05, 3.63) is 340 Å². The molecule has 2 amide bonds. The largest absolute Gasteiger partial charge is 0.508 e. The number of rotatable bonds is 38. The van der Waals surface area contributed by atoms with Gasteiger partial charge in [0.25, 0.3) is 11.8 Å². The van der Waals surface area contributed by atoms with E-state index in [4.69, 9.17) is 71.8 Å². The molecule has 0 aliphatic carbocycles. The highest BCUT2D eigenvalue weighted by atomic mass is 16.6. The van der Waals surface area contributed by atoms with Crippen molar-refractivity contribution < 1.29 is 144 Å². The summed E-state index contributed by atoms with van der Waals surface area (Å²) in [5.74, 6) is -0.816. The Morgan fingerprint density at radius 1 is 0.277 bits per heavy atom. The summed E-state index contributed by atoms with van der Waals surface area (Å²) in [6.07, 6.45) is 0.546.